The lowest BCUT2D eigenvalue weighted by molar-refractivity contribution is -0.131. The number of carboxylic acid groups (broad SMARTS) is 1. The fourth-order valence-electron chi connectivity index (χ4n) is 0.509. The topological polar surface area (TPSA) is 37.3 Å². The third-order valence-electron chi connectivity index (χ3n) is 1.07. The number of unbranched alkanes of at least 4 members (excludes halogenated alkanes) is 2. The molecular formula is C9H12O2. The van der Waals surface area contributed by atoms with Gasteiger partial charge in [0.2, 0.25) is 0 Å². The molecule has 60 valence electrons. The van der Waals surface area contributed by atoms with Crippen LogP contribution in [0.4, 0.5) is 0 Å². The molecule has 0 rings (SSSR count). The van der Waals surface area contributed by atoms with Gasteiger partial charge in [-0.1, -0.05) is 25.2 Å². The van der Waals surface area contributed by atoms with E-state index in [0.717, 1.165) is 25.3 Å². The molecule has 0 saturated heterocycles. The minimum atomic E-state index is -0.949. The molecule has 0 bridgehead atoms. The predicted molar refractivity (Wildman–Crippen MR) is 44.1 cm³/mol. The number of allylic oxidation sites excluding steroid dienone is 1. The third-order valence-corrected chi connectivity index (χ3v) is 1.07. The Kier molecular flexibility index (Phi) is 6.11. The minimum absolute atomic E-state index is 0.848. The molecule has 2 nitrogen and oxygen atoms in total. The zero-order valence-electron chi connectivity index (χ0n) is 6.63. The summed E-state index contributed by atoms with van der Waals surface area (Å²) in [6.45, 7) is 2.09. The summed E-state index contributed by atoms with van der Waals surface area (Å²) < 4.78 is 0. The van der Waals surface area contributed by atoms with E-state index in [9.17, 15) is 4.79 Å². The molecule has 0 aromatic heterocycles. The number of hydrogen-bond donors (Lipinski definition) is 1. The van der Waals surface area contributed by atoms with Crippen LogP contribution in [0.1, 0.15) is 26.2 Å². The smallest absolute Gasteiger partial charge is 0.328 e. The van der Waals surface area contributed by atoms with Gasteiger partial charge in [0.25, 0.3) is 0 Å². The van der Waals surface area contributed by atoms with E-state index in [0.29, 0.717) is 0 Å². The zero-order valence-corrected chi connectivity index (χ0v) is 6.63. The molecule has 0 aliphatic heterocycles. The van der Waals surface area contributed by atoms with E-state index >= 15 is 0 Å². The van der Waals surface area contributed by atoms with Crippen LogP contribution in [0.5, 0.6) is 0 Å². The molecule has 0 amide bonds. The van der Waals surface area contributed by atoms with Crippen molar-refractivity contribution in [1.29, 1.82) is 0 Å². The first-order valence-corrected chi connectivity index (χ1v) is 3.65. The van der Waals surface area contributed by atoms with E-state index in [1.807, 2.05) is 0 Å². The highest BCUT2D eigenvalue weighted by Crippen LogP contribution is 1.90. The fourth-order valence-corrected chi connectivity index (χ4v) is 0.509. The molecule has 0 radical (unpaired) electrons. The second kappa shape index (κ2) is 6.88. The normalized spacial score (nSPS) is 9.18. The first-order chi connectivity index (χ1) is 5.27. The van der Waals surface area contributed by atoms with Crippen LogP contribution < -0.4 is 0 Å². The van der Waals surface area contributed by atoms with Crippen molar-refractivity contribution in [3.8, 4) is 11.8 Å². The lowest BCUT2D eigenvalue weighted by Crippen LogP contribution is -1.84. The van der Waals surface area contributed by atoms with Crippen LogP contribution in [-0.2, 0) is 4.79 Å². The largest absolute Gasteiger partial charge is 0.478 e. The van der Waals surface area contributed by atoms with Crippen molar-refractivity contribution in [3.63, 3.8) is 0 Å². The quantitative estimate of drug-likeness (QED) is 0.380. The fraction of sp³-hybridized carbons (Fsp3) is 0.444. The zero-order chi connectivity index (χ0) is 8.53. The van der Waals surface area contributed by atoms with Crippen LogP contribution in [0.3, 0.4) is 0 Å². The monoisotopic (exact) mass is 152 g/mol. The van der Waals surface area contributed by atoms with Crippen molar-refractivity contribution in [2.24, 2.45) is 0 Å². The van der Waals surface area contributed by atoms with Crippen LogP contribution in [-0.4, -0.2) is 11.1 Å². The van der Waals surface area contributed by atoms with Crippen molar-refractivity contribution in [1.82, 2.24) is 0 Å². The minimum Gasteiger partial charge on any atom is -0.478 e. The van der Waals surface area contributed by atoms with Gasteiger partial charge in [-0.2, -0.15) is 0 Å². The predicted octanol–water partition coefficient (Wildman–Crippen LogP) is 1.82. The Morgan fingerprint density at radius 1 is 1.64 bits per heavy atom. The number of hydrogen-bond acceptors (Lipinski definition) is 1. The average Bonchev–Trinajstić information content (AvgIpc) is 1.96. The second-order valence-electron chi connectivity index (χ2n) is 2.10. The molecule has 11 heavy (non-hydrogen) atoms. The van der Waals surface area contributed by atoms with E-state index in [-0.39, 0.29) is 0 Å². The van der Waals surface area contributed by atoms with Gasteiger partial charge in [-0.3, -0.25) is 0 Å². The summed E-state index contributed by atoms with van der Waals surface area (Å²) in [5, 5.41) is 8.16. The Labute approximate surface area is 66.9 Å². The maximum Gasteiger partial charge on any atom is 0.328 e. The Hall–Kier alpha value is -1.23. The van der Waals surface area contributed by atoms with Gasteiger partial charge in [0.05, 0.1) is 0 Å². The summed E-state index contributed by atoms with van der Waals surface area (Å²) in [4.78, 5) is 9.93. The lowest BCUT2D eigenvalue weighted by Gasteiger charge is -1.81. The highest BCUT2D eigenvalue weighted by Gasteiger charge is 1.79. The maximum absolute atomic E-state index is 9.93. The molecular weight excluding hydrogens is 140 g/mol. The number of carbonyl (C=O) groups is 1. The Balaban J connectivity index is 3.47. The second-order valence-corrected chi connectivity index (χ2v) is 2.10. The van der Waals surface area contributed by atoms with Crippen molar-refractivity contribution >= 4 is 5.97 Å². The van der Waals surface area contributed by atoms with Crippen LogP contribution in [0.2, 0.25) is 0 Å². The summed E-state index contributed by atoms with van der Waals surface area (Å²) in [7, 11) is 0. The highest BCUT2D eigenvalue weighted by molar-refractivity contribution is 5.80. The number of aliphatic carboxylic acids is 1. The summed E-state index contributed by atoms with van der Waals surface area (Å²) in [6, 6.07) is 0. The van der Waals surface area contributed by atoms with Gasteiger partial charge in [0, 0.05) is 12.5 Å². The number of rotatable bonds is 3. The first kappa shape index (κ1) is 9.77. The van der Waals surface area contributed by atoms with Gasteiger partial charge in [0.1, 0.15) is 0 Å². The molecule has 1 N–H and O–H groups in total. The van der Waals surface area contributed by atoms with Crippen molar-refractivity contribution in [2.75, 3.05) is 0 Å². The van der Waals surface area contributed by atoms with Crippen LogP contribution in [0.25, 0.3) is 0 Å². The maximum atomic E-state index is 9.93. The summed E-state index contributed by atoms with van der Waals surface area (Å²) >= 11 is 0. The summed E-state index contributed by atoms with van der Waals surface area (Å²) in [5.74, 6) is 4.53. The van der Waals surface area contributed by atoms with Gasteiger partial charge in [0.15, 0.2) is 0 Å². The molecule has 0 aromatic carbocycles. The highest BCUT2D eigenvalue weighted by atomic mass is 16.4. The van der Waals surface area contributed by atoms with Gasteiger partial charge in [-0.15, -0.1) is 0 Å². The molecule has 0 aromatic rings. The molecule has 0 spiro atoms. The standard InChI is InChI=1S/C9H12O2/c1-2-3-4-5-6-7-8-9(10)11/h7-8H,2-4H2,1H3,(H,10,11)/b8-7-. The summed E-state index contributed by atoms with van der Waals surface area (Å²) in [6.07, 6.45) is 5.45. The van der Waals surface area contributed by atoms with E-state index in [2.05, 4.69) is 18.8 Å². The summed E-state index contributed by atoms with van der Waals surface area (Å²) in [5.41, 5.74) is 0. The van der Waals surface area contributed by atoms with Crippen LogP contribution in [0, 0.1) is 11.8 Å². The Bertz CT molecular complexity index is 193. The molecule has 0 saturated carbocycles. The van der Waals surface area contributed by atoms with E-state index in [1.54, 1.807) is 0 Å². The van der Waals surface area contributed by atoms with Gasteiger partial charge >= 0.3 is 5.97 Å². The van der Waals surface area contributed by atoms with Crippen molar-refractivity contribution in [3.05, 3.63) is 12.2 Å². The molecule has 0 fully saturated rings. The molecule has 0 atom stereocenters. The molecule has 0 aliphatic carbocycles. The number of carboxylic acids is 1. The Morgan fingerprint density at radius 2 is 2.36 bits per heavy atom. The molecule has 0 heterocycles. The Morgan fingerprint density at radius 3 is 2.91 bits per heavy atom. The van der Waals surface area contributed by atoms with Gasteiger partial charge in [-0.25, -0.2) is 4.79 Å². The molecule has 2 heteroatoms. The molecule has 0 unspecified atom stereocenters. The first-order valence-electron chi connectivity index (χ1n) is 3.65. The van der Waals surface area contributed by atoms with E-state index in [4.69, 9.17) is 5.11 Å². The lowest BCUT2D eigenvalue weighted by atomic mass is 10.2. The average molecular weight is 152 g/mol. The van der Waals surface area contributed by atoms with Gasteiger partial charge < -0.3 is 5.11 Å². The van der Waals surface area contributed by atoms with Crippen LogP contribution >= 0.6 is 0 Å². The van der Waals surface area contributed by atoms with Crippen molar-refractivity contribution in [2.45, 2.75) is 26.2 Å². The van der Waals surface area contributed by atoms with Gasteiger partial charge in [-0.05, 0) is 12.5 Å². The SMILES string of the molecule is CCCCC#C/C=C\C(=O)O. The van der Waals surface area contributed by atoms with Crippen molar-refractivity contribution < 1.29 is 9.90 Å². The van der Waals surface area contributed by atoms with Crippen LogP contribution in [0.15, 0.2) is 12.2 Å². The molecule has 0 aliphatic rings. The van der Waals surface area contributed by atoms with E-state index in [1.165, 1.54) is 6.08 Å². The third kappa shape index (κ3) is 8.77. The van der Waals surface area contributed by atoms with E-state index < -0.39 is 5.97 Å².